The Balaban J connectivity index is 1.89. The van der Waals surface area contributed by atoms with Gasteiger partial charge in [-0.15, -0.1) is 0 Å². The third-order valence-corrected chi connectivity index (χ3v) is 5.47. The predicted octanol–water partition coefficient (Wildman–Crippen LogP) is 2.91. The second-order valence-electron chi connectivity index (χ2n) is 6.55. The Morgan fingerprint density at radius 2 is 1.84 bits per heavy atom. The molecule has 2 N–H and O–H groups in total. The summed E-state index contributed by atoms with van der Waals surface area (Å²) in [4.78, 5) is 24.6. The van der Waals surface area contributed by atoms with Gasteiger partial charge in [0.15, 0.2) is 5.54 Å². The zero-order valence-electron chi connectivity index (χ0n) is 13.4. The highest BCUT2D eigenvalue weighted by Gasteiger charge is 2.67. The molecule has 1 amide bonds. The Kier molecular flexibility index (Phi) is 3.56. The smallest absolute Gasteiger partial charge is 0.256 e. The van der Waals surface area contributed by atoms with Gasteiger partial charge in [0.2, 0.25) is 0 Å². The Labute approximate surface area is 149 Å². The molecule has 0 aromatic heterocycles. The molecule has 2 aliphatic rings. The largest absolute Gasteiger partial charge is 0.324 e. The lowest BCUT2D eigenvalue weighted by molar-refractivity contribution is -0.532. The number of rotatable bonds is 2. The van der Waals surface area contributed by atoms with E-state index in [-0.39, 0.29) is 16.9 Å². The van der Waals surface area contributed by atoms with E-state index in [4.69, 9.17) is 11.6 Å². The number of benzene rings is 2. The predicted molar refractivity (Wildman–Crippen MR) is 94.3 cm³/mol. The fraction of sp³-hybridized carbons (Fsp3) is 0.278. The first kappa shape index (κ1) is 16.1. The van der Waals surface area contributed by atoms with Gasteiger partial charge in [0.1, 0.15) is 0 Å². The van der Waals surface area contributed by atoms with E-state index in [1.165, 1.54) is 0 Å². The first-order chi connectivity index (χ1) is 11.9. The number of para-hydroxylation sites is 1. The highest BCUT2D eigenvalue weighted by atomic mass is 35.5. The molecule has 1 fully saturated rings. The molecule has 2 aromatic rings. The average Bonchev–Trinajstić information content (AvgIpc) is 3.04. The van der Waals surface area contributed by atoms with Crippen molar-refractivity contribution in [3.63, 3.8) is 0 Å². The monoisotopic (exact) mass is 357 g/mol. The second-order valence-corrected chi connectivity index (χ2v) is 6.98. The third-order valence-electron chi connectivity index (χ3n) is 5.22. The van der Waals surface area contributed by atoms with Gasteiger partial charge in [-0.2, -0.15) is 0 Å². The van der Waals surface area contributed by atoms with Crippen LogP contribution in [0.1, 0.15) is 24.0 Å². The Morgan fingerprint density at radius 3 is 2.52 bits per heavy atom. The van der Waals surface area contributed by atoms with E-state index in [1.54, 1.807) is 48.5 Å². The van der Waals surface area contributed by atoms with E-state index in [9.17, 15) is 14.9 Å². The van der Waals surface area contributed by atoms with Crippen LogP contribution >= 0.6 is 11.6 Å². The van der Waals surface area contributed by atoms with Crippen molar-refractivity contribution >= 4 is 23.2 Å². The molecule has 128 valence electrons. The average molecular weight is 358 g/mol. The van der Waals surface area contributed by atoms with E-state index in [2.05, 4.69) is 10.6 Å². The maximum absolute atomic E-state index is 12.8. The van der Waals surface area contributed by atoms with Gasteiger partial charge in [0.05, 0.1) is 5.92 Å². The van der Waals surface area contributed by atoms with Crippen molar-refractivity contribution in [3.8, 4) is 0 Å². The van der Waals surface area contributed by atoms with Crippen LogP contribution in [0.3, 0.4) is 0 Å². The van der Waals surface area contributed by atoms with Crippen LogP contribution in [0.15, 0.2) is 48.5 Å². The summed E-state index contributed by atoms with van der Waals surface area (Å²) in [6.07, 6.45) is 0. The molecule has 0 radical (unpaired) electrons. The molecule has 0 aliphatic carbocycles. The molecule has 6 nitrogen and oxygen atoms in total. The molecule has 2 heterocycles. The van der Waals surface area contributed by atoms with E-state index in [0.29, 0.717) is 16.3 Å². The number of carbonyl (C=O) groups excluding carboxylic acids is 1. The second kappa shape index (κ2) is 5.54. The number of anilines is 1. The summed E-state index contributed by atoms with van der Waals surface area (Å²) < 4.78 is 0. The van der Waals surface area contributed by atoms with Crippen molar-refractivity contribution in [2.45, 2.75) is 30.5 Å². The fourth-order valence-electron chi connectivity index (χ4n) is 4.24. The lowest BCUT2D eigenvalue weighted by Gasteiger charge is -2.25. The van der Waals surface area contributed by atoms with Crippen LogP contribution in [-0.4, -0.2) is 22.9 Å². The molecule has 2 aliphatic heterocycles. The number of nitrogens with one attached hydrogen (secondary N) is 2. The van der Waals surface area contributed by atoms with Crippen molar-refractivity contribution in [2.24, 2.45) is 0 Å². The van der Waals surface area contributed by atoms with Crippen LogP contribution in [0.2, 0.25) is 5.02 Å². The Hall–Kier alpha value is -2.44. The van der Waals surface area contributed by atoms with E-state index in [1.807, 2.05) is 6.92 Å². The number of nitro groups is 1. The lowest BCUT2D eigenvalue weighted by Crippen LogP contribution is -2.54. The number of hydrogen-bond acceptors (Lipinski definition) is 4. The Bertz CT molecular complexity index is 870. The number of halogens is 1. The van der Waals surface area contributed by atoms with Crippen molar-refractivity contribution in [2.75, 3.05) is 5.32 Å². The molecular weight excluding hydrogens is 342 g/mol. The minimum absolute atomic E-state index is 0.256. The van der Waals surface area contributed by atoms with E-state index in [0.717, 1.165) is 5.56 Å². The van der Waals surface area contributed by atoms with Gasteiger partial charge in [0.25, 0.3) is 11.9 Å². The summed E-state index contributed by atoms with van der Waals surface area (Å²) in [7, 11) is 0. The van der Waals surface area contributed by atoms with Gasteiger partial charge in [-0.3, -0.25) is 20.2 Å². The summed E-state index contributed by atoms with van der Waals surface area (Å²) in [5, 5.41) is 18.7. The highest BCUT2D eigenvalue weighted by molar-refractivity contribution is 6.30. The summed E-state index contributed by atoms with van der Waals surface area (Å²) in [5.41, 5.74) is 0.671. The number of carbonyl (C=O) groups is 1. The van der Waals surface area contributed by atoms with Crippen LogP contribution in [0, 0.1) is 10.1 Å². The minimum atomic E-state index is -1.37. The number of amides is 1. The maximum Gasteiger partial charge on any atom is 0.256 e. The first-order valence-electron chi connectivity index (χ1n) is 8.03. The fourth-order valence-corrected chi connectivity index (χ4v) is 4.36. The molecule has 1 saturated heterocycles. The normalized spacial score (nSPS) is 30.3. The lowest BCUT2D eigenvalue weighted by atomic mass is 9.78. The number of fused-ring (bicyclic) bond motifs is 2. The van der Waals surface area contributed by atoms with E-state index < -0.39 is 17.5 Å². The topological polar surface area (TPSA) is 84.3 Å². The molecule has 0 unspecified atom stereocenters. The first-order valence-corrected chi connectivity index (χ1v) is 8.40. The summed E-state index contributed by atoms with van der Waals surface area (Å²) in [6.45, 7) is 1.87. The standard InChI is InChI=1S/C18H16ClN3O3/c1-10-15(11-6-8-12(19)9-7-11)16(22(24)25)18(21-10)13-4-2-3-5-14(13)20-17(18)23/h2-10,15-16,21H,1H3,(H,20,23)/t10-,15+,16-,18-/m0/s1. The van der Waals surface area contributed by atoms with Gasteiger partial charge < -0.3 is 5.32 Å². The molecule has 4 atom stereocenters. The zero-order chi connectivity index (χ0) is 17.8. The maximum atomic E-state index is 12.8. The minimum Gasteiger partial charge on any atom is -0.324 e. The number of hydrogen-bond donors (Lipinski definition) is 2. The molecule has 25 heavy (non-hydrogen) atoms. The van der Waals surface area contributed by atoms with Gasteiger partial charge in [-0.25, -0.2) is 0 Å². The summed E-state index contributed by atoms with van der Waals surface area (Å²) in [5.74, 6) is -0.831. The molecule has 4 rings (SSSR count). The highest BCUT2D eigenvalue weighted by Crippen LogP contribution is 2.49. The molecule has 0 bridgehead atoms. The van der Waals surface area contributed by atoms with Gasteiger partial charge in [-0.1, -0.05) is 41.9 Å². The zero-order valence-corrected chi connectivity index (χ0v) is 14.2. The third kappa shape index (κ3) is 2.18. The van der Waals surface area contributed by atoms with Crippen LogP contribution in [0.5, 0.6) is 0 Å². The van der Waals surface area contributed by atoms with Crippen molar-refractivity contribution in [1.82, 2.24) is 5.32 Å². The molecular formula is C18H16ClN3O3. The van der Waals surface area contributed by atoms with Crippen LogP contribution < -0.4 is 10.6 Å². The summed E-state index contributed by atoms with van der Waals surface area (Å²) >= 11 is 5.95. The van der Waals surface area contributed by atoms with Crippen molar-refractivity contribution in [3.05, 3.63) is 74.8 Å². The SMILES string of the molecule is C[C@@H]1N[C@]2(C(=O)Nc3ccccc32)[C@@H]([N+](=O)[O-])[C@H]1c1ccc(Cl)cc1. The quantitative estimate of drug-likeness (QED) is 0.639. The van der Waals surface area contributed by atoms with Gasteiger partial charge in [0, 0.05) is 27.2 Å². The molecule has 0 saturated carbocycles. The van der Waals surface area contributed by atoms with Crippen molar-refractivity contribution < 1.29 is 9.72 Å². The van der Waals surface area contributed by atoms with Crippen molar-refractivity contribution in [1.29, 1.82) is 0 Å². The summed E-state index contributed by atoms with van der Waals surface area (Å²) in [6, 6.07) is 12.8. The van der Waals surface area contributed by atoms with Gasteiger partial charge in [-0.05, 0) is 30.7 Å². The van der Waals surface area contributed by atoms with Gasteiger partial charge >= 0.3 is 0 Å². The van der Waals surface area contributed by atoms with E-state index >= 15 is 0 Å². The van der Waals surface area contributed by atoms with Crippen LogP contribution in [0.4, 0.5) is 5.69 Å². The Morgan fingerprint density at radius 1 is 1.16 bits per heavy atom. The van der Waals surface area contributed by atoms with Crippen LogP contribution in [-0.2, 0) is 10.3 Å². The molecule has 7 heteroatoms. The molecule has 2 aromatic carbocycles. The van der Waals surface area contributed by atoms with Crippen LogP contribution in [0.25, 0.3) is 0 Å². The number of nitrogens with zero attached hydrogens (tertiary/aromatic N) is 1. The molecule has 1 spiro atoms.